The van der Waals surface area contributed by atoms with Crippen molar-refractivity contribution in [2.75, 3.05) is 26.4 Å². The highest BCUT2D eigenvalue weighted by Crippen LogP contribution is 2.15. The van der Waals surface area contributed by atoms with Crippen molar-refractivity contribution < 1.29 is 18.5 Å². The van der Waals surface area contributed by atoms with E-state index >= 15 is 0 Å². The molecule has 18 heavy (non-hydrogen) atoms. The summed E-state index contributed by atoms with van der Waals surface area (Å²) >= 11 is 2.06. The van der Waals surface area contributed by atoms with Gasteiger partial charge in [0.05, 0.1) is 29.0 Å². The van der Waals surface area contributed by atoms with Crippen LogP contribution in [0.15, 0.2) is 18.2 Å². The Morgan fingerprint density at radius 3 is 2.78 bits per heavy atom. The Bertz CT molecular complexity index is 373. The zero-order valence-electron chi connectivity index (χ0n) is 10.1. The highest BCUT2D eigenvalue weighted by Gasteiger charge is 2.00. The molecule has 0 spiro atoms. The second-order valence-corrected chi connectivity index (χ2v) is 4.92. The van der Waals surface area contributed by atoms with Crippen LogP contribution in [0.1, 0.15) is 15.9 Å². The largest absolute Gasteiger partial charge is 0.491 e. The fourth-order valence-corrected chi connectivity index (χ4v) is 1.95. The van der Waals surface area contributed by atoms with E-state index in [4.69, 9.17) is 13.7 Å². The summed E-state index contributed by atoms with van der Waals surface area (Å²) in [5.74, 6) is 0.686. The molecule has 1 aromatic carbocycles. The van der Waals surface area contributed by atoms with Crippen molar-refractivity contribution in [1.29, 1.82) is 0 Å². The first kappa shape index (κ1) is 15.7. The molecular formula is C12H15IO4S. The zero-order valence-corrected chi connectivity index (χ0v) is 13.0. The molecule has 6 heteroatoms. The molecule has 0 fully saturated rings. The highest BCUT2D eigenvalue weighted by molar-refractivity contribution is 14.2. The van der Waals surface area contributed by atoms with Crippen LogP contribution in [-0.4, -0.2) is 32.7 Å². The van der Waals surface area contributed by atoms with E-state index in [1.807, 2.05) is 19.1 Å². The summed E-state index contributed by atoms with van der Waals surface area (Å²) in [5.41, 5.74) is 1.60. The number of rotatable bonds is 9. The number of aldehydes is 1. The van der Waals surface area contributed by atoms with Gasteiger partial charge in [-0.1, -0.05) is 6.07 Å². The first-order chi connectivity index (χ1) is 8.77. The predicted molar refractivity (Wildman–Crippen MR) is 80.4 cm³/mol. The summed E-state index contributed by atoms with van der Waals surface area (Å²) in [7, 11) is 1.29. The van der Waals surface area contributed by atoms with E-state index in [0.29, 0.717) is 37.7 Å². The number of aryl methyl sites for hydroxylation is 1. The molecule has 0 amide bonds. The Labute approximate surface area is 123 Å². The van der Waals surface area contributed by atoms with Crippen LogP contribution in [0.25, 0.3) is 0 Å². The summed E-state index contributed by atoms with van der Waals surface area (Å²) in [4.78, 5) is 10.8. The molecule has 0 aliphatic heterocycles. The lowest BCUT2D eigenvalue weighted by molar-refractivity contribution is 0.0816. The number of hydrogen-bond donors (Lipinski definition) is 0. The maximum Gasteiger partial charge on any atom is 0.150 e. The standard InChI is InChI=1S/C12H15IO4S/c1-10-2-3-12(8-11(10)9-14)16-6-4-15-5-7-17-18-13/h2-3,8-9H,4-7H2,1H3. The molecule has 4 nitrogen and oxygen atoms in total. The molecule has 0 atom stereocenters. The quantitative estimate of drug-likeness (QED) is 0.284. The van der Waals surface area contributed by atoms with Crippen molar-refractivity contribution in [2.24, 2.45) is 0 Å². The van der Waals surface area contributed by atoms with E-state index in [0.717, 1.165) is 11.8 Å². The first-order valence-electron chi connectivity index (χ1n) is 5.44. The molecule has 1 rings (SSSR count). The molecule has 1 aromatic rings. The Balaban J connectivity index is 2.21. The van der Waals surface area contributed by atoms with Crippen LogP contribution in [0.5, 0.6) is 5.75 Å². The number of benzene rings is 1. The van der Waals surface area contributed by atoms with Crippen LogP contribution in [0.4, 0.5) is 0 Å². The Morgan fingerprint density at radius 1 is 1.28 bits per heavy atom. The summed E-state index contributed by atoms with van der Waals surface area (Å²) in [6.07, 6.45) is 0.831. The van der Waals surface area contributed by atoms with Gasteiger partial charge in [0.2, 0.25) is 0 Å². The van der Waals surface area contributed by atoms with Crippen molar-refractivity contribution in [3.8, 4) is 5.75 Å². The molecule has 0 radical (unpaired) electrons. The molecule has 0 N–H and O–H groups in total. The van der Waals surface area contributed by atoms with Gasteiger partial charge in [0.25, 0.3) is 0 Å². The highest BCUT2D eigenvalue weighted by atomic mass is 127. The van der Waals surface area contributed by atoms with Gasteiger partial charge >= 0.3 is 0 Å². The van der Waals surface area contributed by atoms with E-state index in [-0.39, 0.29) is 0 Å². The van der Waals surface area contributed by atoms with Gasteiger partial charge in [-0.2, -0.15) is 0 Å². The van der Waals surface area contributed by atoms with E-state index in [2.05, 4.69) is 21.2 Å². The third kappa shape index (κ3) is 6.03. The van der Waals surface area contributed by atoms with Crippen LogP contribution in [0.2, 0.25) is 0 Å². The lowest BCUT2D eigenvalue weighted by Crippen LogP contribution is -2.09. The molecule has 0 aliphatic rings. The van der Waals surface area contributed by atoms with Crippen LogP contribution < -0.4 is 4.74 Å². The van der Waals surface area contributed by atoms with Crippen molar-refractivity contribution in [3.05, 3.63) is 29.3 Å². The second kappa shape index (κ2) is 9.60. The van der Waals surface area contributed by atoms with Crippen LogP contribution in [0, 0.1) is 6.92 Å². The van der Waals surface area contributed by atoms with Crippen molar-refractivity contribution in [2.45, 2.75) is 6.92 Å². The van der Waals surface area contributed by atoms with E-state index in [1.165, 1.54) is 9.21 Å². The average Bonchev–Trinajstić information content (AvgIpc) is 2.39. The molecule has 0 unspecified atom stereocenters. The fraction of sp³-hybridized carbons (Fsp3) is 0.417. The zero-order chi connectivity index (χ0) is 13.2. The Kier molecular flexibility index (Phi) is 8.40. The lowest BCUT2D eigenvalue weighted by Gasteiger charge is -2.08. The molecular weight excluding hydrogens is 367 g/mol. The molecule has 0 aliphatic carbocycles. The van der Waals surface area contributed by atoms with Gasteiger partial charge in [-0.25, -0.2) is 0 Å². The monoisotopic (exact) mass is 382 g/mol. The molecule has 0 saturated carbocycles. The van der Waals surface area contributed by atoms with Gasteiger partial charge in [0, 0.05) is 26.8 Å². The molecule has 0 aromatic heterocycles. The fourth-order valence-electron chi connectivity index (χ4n) is 1.28. The van der Waals surface area contributed by atoms with Gasteiger partial charge < -0.3 is 13.7 Å². The van der Waals surface area contributed by atoms with Gasteiger partial charge in [-0.3, -0.25) is 4.79 Å². The lowest BCUT2D eigenvalue weighted by atomic mass is 10.1. The van der Waals surface area contributed by atoms with Gasteiger partial charge in [-0.05, 0) is 24.6 Å². The number of halogens is 1. The molecule has 0 bridgehead atoms. The minimum absolute atomic E-state index is 0.457. The minimum atomic E-state index is 0.457. The molecule has 0 heterocycles. The Morgan fingerprint density at radius 2 is 2.06 bits per heavy atom. The number of carbonyl (C=O) groups is 1. The Hall–Kier alpha value is -0.310. The topological polar surface area (TPSA) is 44.8 Å². The van der Waals surface area contributed by atoms with Gasteiger partial charge in [0.1, 0.15) is 18.6 Å². The average molecular weight is 382 g/mol. The van der Waals surface area contributed by atoms with E-state index in [1.54, 1.807) is 6.07 Å². The minimum Gasteiger partial charge on any atom is -0.491 e. The first-order valence-corrected chi connectivity index (χ1v) is 8.73. The van der Waals surface area contributed by atoms with Crippen molar-refractivity contribution in [3.63, 3.8) is 0 Å². The van der Waals surface area contributed by atoms with Crippen LogP contribution in [0.3, 0.4) is 0 Å². The summed E-state index contributed by atoms with van der Waals surface area (Å²) < 4.78 is 15.8. The smallest absolute Gasteiger partial charge is 0.150 e. The summed E-state index contributed by atoms with van der Waals surface area (Å²) in [6.45, 7) is 3.96. The van der Waals surface area contributed by atoms with Gasteiger partial charge in [-0.15, -0.1) is 0 Å². The maximum absolute atomic E-state index is 10.8. The predicted octanol–water partition coefficient (Wildman–Crippen LogP) is 3.22. The summed E-state index contributed by atoms with van der Waals surface area (Å²) in [5, 5.41) is 0. The summed E-state index contributed by atoms with van der Waals surface area (Å²) in [6, 6.07) is 5.45. The molecule has 100 valence electrons. The van der Waals surface area contributed by atoms with Crippen LogP contribution in [-0.2, 0) is 8.92 Å². The SMILES string of the molecule is Cc1ccc(OCCOCCOSI)cc1C=O. The van der Waals surface area contributed by atoms with Crippen molar-refractivity contribution >= 4 is 36.7 Å². The molecule has 0 saturated heterocycles. The number of ether oxygens (including phenoxy) is 2. The van der Waals surface area contributed by atoms with E-state index in [9.17, 15) is 4.79 Å². The van der Waals surface area contributed by atoms with Crippen LogP contribution >= 0.6 is 30.4 Å². The number of carbonyl (C=O) groups excluding carboxylic acids is 1. The number of hydrogen-bond acceptors (Lipinski definition) is 5. The third-order valence-electron chi connectivity index (χ3n) is 2.23. The van der Waals surface area contributed by atoms with E-state index < -0.39 is 0 Å². The maximum atomic E-state index is 10.8. The third-order valence-corrected chi connectivity index (χ3v) is 3.25. The second-order valence-electron chi connectivity index (χ2n) is 3.48. The normalized spacial score (nSPS) is 10.3. The van der Waals surface area contributed by atoms with Crippen molar-refractivity contribution in [1.82, 2.24) is 0 Å². The van der Waals surface area contributed by atoms with Gasteiger partial charge in [0.15, 0.2) is 0 Å².